The second kappa shape index (κ2) is 7.73. The Morgan fingerprint density at radius 3 is 2.29 bits per heavy atom. The molecule has 0 N–H and O–H groups in total. The van der Waals surface area contributed by atoms with E-state index in [0.29, 0.717) is 31.1 Å². The maximum absolute atomic E-state index is 12.8. The molecular formula is C20H19N3O3S2. The first-order valence-corrected chi connectivity index (χ1v) is 11.2. The van der Waals surface area contributed by atoms with Gasteiger partial charge in [0.15, 0.2) is 0 Å². The lowest BCUT2D eigenvalue weighted by molar-refractivity contribution is 0.0751. The molecule has 4 rings (SSSR count). The Bertz CT molecular complexity index is 1060. The van der Waals surface area contributed by atoms with Gasteiger partial charge in [-0.25, -0.2) is 13.4 Å². The van der Waals surface area contributed by atoms with E-state index in [0.717, 1.165) is 17.2 Å². The predicted molar refractivity (Wildman–Crippen MR) is 109 cm³/mol. The quantitative estimate of drug-likeness (QED) is 0.658. The molecule has 1 aliphatic rings. The summed E-state index contributed by atoms with van der Waals surface area (Å²) in [6.45, 7) is 2.55. The second-order valence-electron chi connectivity index (χ2n) is 6.40. The van der Waals surface area contributed by atoms with Gasteiger partial charge in [-0.15, -0.1) is 11.3 Å². The Hall–Kier alpha value is -2.71. The van der Waals surface area contributed by atoms with Crippen LogP contribution < -0.4 is 4.90 Å². The summed E-state index contributed by atoms with van der Waals surface area (Å²) in [5.74, 6) is 0.780. The number of rotatable bonds is 4. The smallest absolute Gasteiger partial charge is 0.264 e. The van der Waals surface area contributed by atoms with Crippen molar-refractivity contribution in [2.45, 2.75) is 9.10 Å². The number of carbonyl (C=O) groups is 1. The fourth-order valence-corrected chi connectivity index (χ4v) is 5.83. The molecule has 1 amide bonds. The largest absolute Gasteiger partial charge is 0.353 e. The highest BCUT2D eigenvalue weighted by atomic mass is 32.2. The number of benzene rings is 1. The summed E-state index contributed by atoms with van der Waals surface area (Å²) >= 11 is 1.03. The number of anilines is 1. The first kappa shape index (κ1) is 18.6. The minimum atomic E-state index is -3.60. The number of amides is 1. The minimum Gasteiger partial charge on any atom is -0.353 e. The molecule has 28 heavy (non-hydrogen) atoms. The van der Waals surface area contributed by atoms with E-state index in [2.05, 4.69) is 9.88 Å². The number of sulfone groups is 1. The standard InChI is InChI=1S/C20H19N3O3S2/c24-20(23-14-12-22(13-15-23)18-8-4-5-11-21-18)17-9-10-19(27-17)28(25,26)16-6-2-1-3-7-16/h1-11H,12-15H2. The van der Waals surface area contributed by atoms with Crippen molar-refractivity contribution in [3.63, 3.8) is 0 Å². The van der Waals surface area contributed by atoms with Gasteiger partial charge in [-0.3, -0.25) is 4.79 Å². The Kier molecular flexibility index (Phi) is 5.15. The third-order valence-corrected chi connectivity index (χ3v) is 7.99. The predicted octanol–water partition coefficient (Wildman–Crippen LogP) is 2.94. The van der Waals surface area contributed by atoms with Crippen molar-refractivity contribution >= 4 is 32.9 Å². The monoisotopic (exact) mass is 413 g/mol. The van der Waals surface area contributed by atoms with Crippen LogP contribution >= 0.6 is 11.3 Å². The Labute approximate surface area is 168 Å². The van der Waals surface area contributed by atoms with Crippen molar-refractivity contribution in [2.75, 3.05) is 31.1 Å². The van der Waals surface area contributed by atoms with E-state index in [1.807, 2.05) is 18.2 Å². The molecule has 0 bridgehead atoms. The van der Waals surface area contributed by atoms with Crippen LogP contribution in [0.4, 0.5) is 5.82 Å². The van der Waals surface area contributed by atoms with Crippen molar-refractivity contribution in [2.24, 2.45) is 0 Å². The van der Waals surface area contributed by atoms with E-state index < -0.39 is 9.84 Å². The summed E-state index contributed by atoms with van der Waals surface area (Å²) in [6, 6.07) is 17.2. The lowest BCUT2D eigenvalue weighted by atomic mass is 10.3. The molecule has 1 saturated heterocycles. The van der Waals surface area contributed by atoms with E-state index in [1.165, 1.54) is 6.07 Å². The molecule has 6 nitrogen and oxygen atoms in total. The highest BCUT2D eigenvalue weighted by molar-refractivity contribution is 7.93. The van der Waals surface area contributed by atoms with E-state index in [1.54, 1.807) is 47.5 Å². The van der Waals surface area contributed by atoms with Crippen molar-refractivity contribution in [1.82, 2.24) is 9.88 Å². The van der Waals surface area contributed by atoms with Crippen molar-refractivity contribution in [1.29, 1.82) is 0 Å². The van der Waals surface area contributed by atoms with E-state index in [4.69, 9.17) is 0 Å². The van der Waals surface area contributed by atoms with Gasteiger partial charge in [0.25, 0.3) is 5.91 Å². The van der Waals surface area contributed by atoms with Gasteiger partial charge in [0, 0.05) is 32.4 Å². The fourth-order valence-electron chi connectivity index (χ4n) is 3.13. The fraction of sp³-hybridized carbons (Fsp3) is 0.200. The molecule has 2 aromatic heterocycles. The van der Waals surface area contributed by atoms with Crippen molar-refractivity contribution in [3.05, 3.63) is 71.7 Å². The summed E-state index contributed by atoms with van der Waals surface area (Å²) in [7, 11) is -3.60. The topological polar surface area (TPSA) is 70.6 Å². The van der Waals surface area contributed by atoms with E-state index in [9.17, 15) is 13.2 Å². The number of nitrogens with zero attached hydrogens (tertiary/aromatic N) is 3. The van der Waals surface area contributed by atoms with Gasteiger partial charge < -0.3 is 9.80 Å². The normalized spacial score (nSPS) is 14.9. The zero-order valence-electron chi connectivity index (χ0n) is 15.1. The van der Waals surface area contributed by atoms with Crippen LogP contribution in [0.15, 0.2) is 76.0 Å². The number of pyridine rings is 1. The van der Waals surface area contributed by atoms with Gasteiger partial charge >= 0.3 is 0 Å². The Morgan fingerprint density at radius 2 is 1.61 bits per heavy atom. The summed E-state index contributed by atoms with van der Waals surface area (Å²) in [5.41, 5.74) is 0. The lowest BCUT2D eigenvalue weighted by Crippen LogP contribution is -2.48. The summed E-state index contributed by atoms with van der Waals surface area (Å²) in [5, 5.41) is 0. The van der Waals surface area contributed by atoms with Crippen LogP contribution in [0.5, 0.6) is 0 Å². The first-order valence-electron chi connectivity index (χ1n) is 8.91. The molecular weight excluding hydrogens is 394 g/mol. The Balaban J connectivity index is 1.46. The van der Waals surface area contributed by atoms with Gasteiger partial charge in [-0.1, -0.05) is 24.3 Å². The van der Waals surface area contributed by atoms with Gasteiger partial charge in [0.05, 0.1) is 9.77 Å². The molecule has 0 radical (unpaired) electrons. The third-order valence-electron chi connectivity index (χ3n) is 4.65. The van der Waals surface area contributed by atoms with Crippen LogP contribution in [-0.4, -0.2) is 50.4 Å². The zero-order chi connectivity index (χ0) is 19.6. The van der Waals surface area contributed by atoms with Gasteiger partial charge in [-0.2, -0.15) is 0 Å². The van der Waals surface area contributed by atoms with Crippen molar-refractivity contribution in [3.8, 4) is 0 Å². The van der Waals surface area contributed by atoms with Gasteiger partial charge in [0.2, 0.25) is 9.84 Å². The lowest BCUT2D eigenvalue weighted by Gasteiger charge is -2.35. The molecule has 1 fully saturated rings. The molecule has 0 saturated carbocycles. The van der Waals surface area contributed by atoms with E-state index in [-0.39, 0.29) is 15.0 Å². The van der Waals surface area contributed by atoms with Crippen LogP contribution in [-0.2, 0) is 9.84 Å². The molecule has 8 heteroatoms. The molecule has 3 heterocycles. The molecule has 144 valence electrons. The molecule has 0 atom stereocenters. The summed E-state index contributed by atoms with van der Waals surface area (Å²) < 4.78 is 25.6. The van der Waals surface area contributed by atoms with Gasteiger partial charge in [-0.05, 0) is 36.4 Å². The number of aromatic nitrogens is 1. The number of carbonyl (C=O) groups excluding carboxylic acids is 1. The maximum Gasteiger partial charge on any atom is 0.264 e. The van der Waals surface area contributed by atoms with Gasteiger partial charge in [0.1, 0.15) is 10.0 Å². The average molecular weight is 414 g/mol. The Morgan fingerprint density at radius 1 is 0.893 bits per heavy atom. The number of thiophene rings is 1. The van der Waals surface area contributed by atoms with Crippen LogP contribution in [0.3, 0.4) is 0 Å². The molecule has 1 aromatic carbocycles. The molecule has 0 unspecified atom stereocenters. The number of piperazine rings is 1. The first-order chi connectivity index (χ1) is 13.6. The number of hydrogen-bond donors (Lipinski definition) is 0. The maximum atomic E-state index is 12.8. The zero-order valence-corrected chi connectivity index (χ0v) is 16.7. The average Bonchev–Trinajstić information content (AvgIpc) is 3.26. The molecule has 1 aliphatic heterocycles. The highest BCUT2D eigenvalue weighted by Gasteiger charge is 2.26. The minimum absolute atomic E-state index is 0.125. The van der Waals surface area contributed by atoms with E-state index >= 15 is 0 Å². The van der Waals surface area contributed by atoms with Crippen LogP contribution in [0, 0.1) is 0 Å². The molecule has 0 spiro atoms. The van der Waals surface area contributed by atoms with Crippen LogP contribution in [0.2, 0.25) is 0 Å². The van der Waals surface area contributed by atoms with Crippen LogP contribution in [0.1, 0.15) is 9.67 Å². The molecule has 0 aliphatic carbocycles. The SMILES string of the molecule is O=C(c1ccc(S(=O)(=O)c2ccccc2)s1)N1CCN(c2ccccn2)CC1. The van der Waals surface area contributed by atoms with Crippen molar-refractivity contribution < 1.29 is 13.2 Å². The third kappa shape index (κ3) is 3.65. The summed E-state index contributed by atoms with van der Waals surface area (Å²) in [4.78, 5) is 21.8. The molecule has 3 aromatic rings. The van der Waals surface area contributed by atoms with Crippen LogP contribution in [0.25, 0.3) is 0 Å². The second-order valence-corrected chi connectivity index (χ2v) is 9.66. The highest BCUT2D eigenvalue weighted by Crippen LogP contribution is 2.28. The number of hydrogen-bond acceptors (Lipinski definition) is 6. The summed E-state index contributed by atoms with van der Waals surface area (Å²) in [6.07, 6.45) is 1.76.